The standard InChI is InChI=1S/C15H22N2O4/c1-19-8-7-17-14(18)5-6-16-11-12-3-2-4-13-15(12)21-10-9-20-13/h2-4,16H,5-11H2,1H3,(H,17,18). The van der Waals surface area contributed by atoms with Gasteiger partial charge in [-0.1, -0.05) is 12.1 Å². The first-order valence-corrected chi connectivity index (χ1v) is 7.15. The van der Waals surface area contributed by atoms with Crippen LogP contribution in [-0.2, 0) is 16.1 Å². The molecule has 6 heteroatoms. The van der Waals surface area contributed by atoms with Crippen LogP contribution < -0.4 is 20.1 Å². The van der Waals surface area contributed by atoms with Crippen molar-refractivity contribution in [2.75, 3.05) is 40.0 Å². The van der Waals surface area contributed by atoms with Gasteiger partial charge in [-0.15, -0.1) is 0 Å². The molecule has 0 aliphatic carbocycles. The summed E-state index contributed by atoms with van der Waals surface area (Å²) in [6.07, 6.45) is 0.441. The summed E-state index contributed by atoms with van der Waals surface area (Å²) < 4.78 is 16.0. The second kappa shape index (κ2) is 8.49. The van der Waals surface area contributed by atoms with Crippen molar-refractivity contribution in [3.8, 4) is 11.5 Å². The minimum Gasteiger partial charge on any atom is -0.486 e. The second-order valence-electron chi connectivity index (χ2n) is 4.71. The quantitative estimate of drug-likeness (QED) is 0.691. The Kier molecular flexibility index (Phi) is 6.30. The average molecular weight is 294 g/mol. The molecule has 0 saturated carbocycles. The van der Waals surface area contributed by atoms with E-state index in [1.807, 2.05) is 18.2 Å². The van der Waals surface area contributed by atoms with Gasteiger partial charge in [0.2, 0.25) is 5.91 Å². The van der Waals surface area contributed by atoms with Crippen LogP contribution in [0.25, 0.3) is 0 Å². The van der Waals surface area contributed by atoms with Crippen molar-refractivity contribution in [1.82, 2.24) is 10.6 Å². The van der Waals surface area contributed by atoms with E-state index in [1.165, 1.54) is 0 Å². The summed E-state index contributed by atoms with van der Waals surface area (Å²) in [5, 5.41) is 6.03. The van der Waals surface area contributed by atoms with Crippen molar-refractivity contribution in [1.29, 1.82) is 0 Å². The molecule has 0 unspecified atom stereocenters. The van der Waals surface area contributed by atoms with E-state index >= 15 is 0 Å². The first kappa shape index (κ1) is 15.6. The fourth-order valence-corrected chi connectivity index (χ4v) is 2.08. The van der Waals surface area contributed by atoms with E-state index in [4.69, 9.17) is 14.2 Å². The van der Waals surface area contributed by atoms with Gasteiger partial charge in [0, 0.05) is 38.7 Å². The summed E-state index contributed by atoms with van der Waals surface area (Å²) in [5.74, 6) is 1.62. The molecular formula is C15H22N2O4. The van der Waals surface area contributed by atoms with Crippen molar-refractivity contribution in [3.05, 3.63) is 23.8 Å². The van der Waals surface area contributed by atoms with Crippen LogP contribution >= 0.6 is 0 Å². The Morgan fingerprint density at radius 1 is 1.29 bits per heavy atom. The van der Waals surface area contributed by atoms with E-state index in [1.54, 1.807) is 7.11 Å². The van der Waals surface area contributed by atoms with Gasteiger partial charge in [-0.25, -0.2) is 0 Å². The Hall–Kier alpha value is -1.79. The number of fused-ring (bicyclic) bond motifs is 1. The number of para-hydroxylation sites is 1. The molecule has 1 heterocycles. The van der Waals surface area contributed by atoms with E-state index in [9.17, 15) is 4.79 Å². The van der Waals surface area contributed by atoms with Gasteiger partial charge in [0.05, 0.1) is 6.61 Å². The number of nitrogens with one attached hydrogen (secondary N) is 2. The number of benzene rings is 1. The highest BCUT2D eigenvalue weighted by atomic mass is 16.6. The minimum atomic E-state index is 0.0224. The maximum Gasteiger partial charge on any atom is 0.221 e. The molecule has 2 rings (SSSR count). The van der Waals surface area contributed by atoms with Crippen LogP contribution in [0.2, 0.25) is 0 Å². The van der Waals surface area contributed by atoms with Crippen molar-refractivity contribution in [2.45, 2.75) is 13.0 Å². The molecule has 0 saturated heterocycles. The SMILES string of the molecule is COCCNC(=O)CCNCc1cccc2c1OCCO2. The Morgan fingerprint density at radius 3 is 3.00 bits per heavy atom. The molecule has 1 aliphatic rings. The topological polar surface area (TPSA) is 68.8 Å². The third-order valence-electron chi connectivity index (χ3n) is 3.12. The lowest BCUT2D eigenvalue weighted by molar-refractivity contribution is -0.121. The van der Waals surface area contributed by atoms with Gasteiger partial charge in [0.15, 0.2) is 11.5 Å². The average Bonchev–Trinajstić information content (AvgIpc) is 2.52. The lowest BCUT2D eigenvalue weighted by Crippen LogP contribution is -2.30. The fourth-order valence-electron chi connectivity index (χ4n) is 2.08. The Bertz CT molecular complexity index is 465. The third kappa shape index (κ3) is 4.91. The molecule has 0 atom stereocenters. The summed E-state index contributed by atoms with van der Waals surface area (Å²) in [5.41, 5.74) is 1.05. The van der Waals surface area contributed by atoms with Gasteiger partial charge >= 0.3 is 0 Å². The fraction of sp³-hybridized carbons (Fsp3) is 0.533. The lowest BCUT2D eigenvalue weighted by Gasteiger charge is -2.21. The molecule has 116 valence electrons. The number of hydrogen-bond donors (Lipinski definition) is 2. The number of hydrogen-bond acceptors (Lipinski definition) is 5. The predicted molar refractivity (Wildman–Crippen MR) is 78.6 cm³/mol. The molecule has 1 amide bonds. The lowest BCUT2D eigenvalue weighted by atomic mass is 10.1. The van der Waals surface area contributed by atoms with Crippen LogP contribution in [0.3, 0.4) is 0 Å². The monoisotopic (exact) mass is 294 g/mol. The summed E-state index contributed by atoms with van der Waals surface area (Å²) in [7, 11) is 1.61. The highest BCUT2D eigenvalue weighted by Crippen LogP contribution is 2.33. The van der Waals surface area contributed by atoms with Crippen molar-refractivity contribution < 1.29 is 19.0 Å². The summed E-state index contributed by atoms with van der Waals surface area (Å²) in [4.78, 5) is 11.5. The molecule has 21 heavy (non-hydrogen) atoms. The van der Waals surface area contributed by atoms with Gasteiger partial charge in [0.1, 0.15) is 13.2 Å². The largest absolute Gasteiger partial charge is 0.486 e. The highest BCUT2D eigenvalue weighted by Gasteiger charge is 2.14. The molecule has 0 spiro atoms. The third-order valence-corrected chi connectivity index (χ3v) is 3.12. The molecule has 0 bridgehead atoms. The van der Waals surface area contributed by atoms with Crippen LogP contribution in [0.1, 0.15) is 12.0 Å². The first-order valence-electron chi connectivity index (χ1n) is 7.15. The van der Waals surface area contributed by atoms with E-state index in [0.717, 1.165) is 17.1 Å². The zero-order valence-corrected chi connectivity index (χ0v) is 12.3. The zero-order chi connectivity index (χ0) is 14.9. The van der Waals surface area contributed by atoms with Crippen LogP contribution in [-0.4, -0.2) is 45.9 Å². The van der Waals surface area contributed by atoms with Gasteiger partial charge in [-0.05, 0) is 6.07 Å². The van der Waals surface area contributed by atoms with Crippen LogP contribution in [0.4, 0.5) is 0 Å². The number of amides is 1. The Balaban J connectivity index is 1.70. The van der Waals surface area contributed by atoms with Gasteiger partial charge < -0.3 is 24.8 Å². The molecule has 2 N–H and O–H groups in total. The number of carbonyl (C=O) groups excluding carboxylic acids is 1. The molecule has 0 fully saturated rings. The van der Waals surface area contributed by atoms with E-state index in [2.05, 4.69) is 10.6 Å². The van der Waals surface area contributed by atoms with E-state index in [-0.39, 0.29) is 5.91 Å². The number of carbonyl (C=O) groups is 1. The van der Waals surface area contributed by atoms with E-state index < -0.39 is 0 Å². The first-order chi connectivity index (χ1) is 10.3. The maximum absolute atomic E-state index is 11.5. The van der Waals surface area contributed by atoms with Gasteiger partial charge in [-0.3, -0.25) is 4.79 Å². The van der Waals surface area contributed by atoms with E-state index in [0.29, 0.717) is 45.9 Å². The number of ether oxygens (including phenoxy) is 3. The zero-order valence-electron chi connectivity index (χ0n) is 12.3. The summed E-state index contributed by atoms with van der Waals surface area (Å²) >= 11 is 0. The van der Waals surface area contributed by atoms with Crippen molar-refractivity contribution in [3.63, 3.8) is 0 Å². The Morgan fingerprint density at radius 2 is 2.14 bits per heavy atom. The highest BCUT2D eigenvalue weighted by molar-refractivity contribution is 5.76. The minimum absolute atomic E-state index is 0.0224. The normalized spacial score (nSPS) is 13.0. The molecule has 6 nitrogen and oxygen atoms in total. The molecule has 0 radical (unpaired) electrons. The predicted octanol–water partition coefficient (Wildman–Crippen LogP) is 0.700. The Labute approximate surface area is 124 Å². The molecule has 1 aromatic rings. The van der Waals surface area contributed by atoms with Gasteiger partial charge in [0.25, 0.3) is 0 Å². The van der Waals surface area contributed by atoms with Crippen molar-refractivity contribution >= 4 is 5.91 Å². The van der Waals surface area contributed by atoms with Crippen molar-refractivity contribution in [2.24, 2.45) is 0 Å². The molecular weight excluding hydrogens is 272 g/mol. The summed E-state index contributed by atoms with van der Waals surface area (Å²) in [6.45, 7) is 3.51. The van der Waals surface area contributed by atoms with Gasteiger partial charge in [-0.2, -0.15) is 0 Å². The second-order valence-corrected chi connectivity index (χ2v) is 4.71. The van der Waals surface area contributed by atoms with Crippen LogP contribution in [0.5, 0.6) is 11.5 Å². The molecule has 1 aliphatic heterocycles. The van der Waals surface area contributed by atoms with Crippen LogP contribution in [0.15, 0.2) is 18.2 Å². The summed E-state index contributed by atoms with van der Waals surface area (Å²) in [6, 6.07) is 5.85. The molecule has 0 aromatic heterocycles. The number of methoxy groups -OCH3 is 1. The maximum atomic E-state index is 11.5. The number of rotatable bonds is 8. The smallest absolute Gasteiger partial charge is 0.221 e. The molecule has 1 aromatic carbocycles. The van der Waals surface area contributed by atoms with Crippen LogP contribution in [0, 0.1) is 0 Å².